The molecular weight excluding hydrogens is 394 g/mol. The lowest BCUT2D eigenvalue weighted by atomic mass is 10.2. The van der Waals surface area contributed by atoms with Gasteiger partial charge in [0.25, 0.3) is 11.6 Å². The number of ether oxygens (including phenoxy) is 2. The standard InChI is InChI=1S/C16H14BrN3O5/c1-24-12-6-7-15(13(17)8-12)25-10-16(21)19-18-9-11-4-2-3-5-14(11)20(22)23/h2-9H,10H2,1H3,(H,19,21). The van der Waals surface area contributed by atoms with Gasteiger partial charge in [-0.3, -0.25) is 14.9 Å². The minimum atomic E-state index is -0.520. The highest BCUT2D eigenvalue weighted by Gasteiger charge is 2.10. The number of hydrazone groups is 1. The highest BCUT2D eigenvalue weighted by molar-refractivity contribution is 9.10. The molecule has 0 aromatic heterocycles. The van der Waals surface area contributed by atoms with Gasteiger partial charge in [0.05, 0.1) is 28.3 Å². The maximum Gasteiger partial charge on any atom is 0.278 e. The van der Waals surface area contributed by atoms with Crippen LogP contribution in [0.15, 0.2) is 52.0 Å². The van der Waals surface area contributed by atoms with Gasteiger partial charge in [0.15, 0.2) is 6.61 Å². The molecule has 2 aromatic carbocycles. The first-order valence-corrected chi connectivity index (χ1v) is 7.82. The molecule has 0 saturated carbocycles. The van der Waals surface area contributed by atoms with Gasteiger partial charge in [-0.15, -0.1) is 0 Å². The number of methoxy groups -OCH3 is 1. The first-order chi connectivity index (χ1) is 12.0. The summed E-state index contributed by atoms with van der Waals surface area (Å²) in [6, 6.07) is 11.1. The normalized spacial score (nSPS) is 10.5. The Hall–Kier alpha value is -2.94. The van der Waals surface area contributed by atoms with Crippen LogP contribution in [-0.4, -0.2) is 30.8 Å². The van der Waals surface area contributed by atoms with E-state index in [1.54, 1.807) is 37.4 Å². The summed E-state index contributed by atoms with van der Waals surface area (Å²) in [4.78, 5) is 22.1. The molecule has 2 rings (SSSR count). The summed E-state index contributed by atoms with van der Waals surface area (Å²) in [6.07, 6.45) is 1.21. The third-order valence-electron chi connectivity index (χ3n) is 3.02. The van der Waals surface area contributed by atoms with Gasteiger partial charge in [-0.1, -0.05) is 12.1 Å². The number of carbonyl (C=O) groups is 1. The van der Waals surface area contributed by atoms with Crippen LogP contribution in [0.1, 0.15) is 5.56 Å². The van der Waals surface area contributed by atoms with Crippen molar-refractivity contribution in [3.05, 3.63) is 62.6 Å². The first kappa shape index (κ1) is 18.4. The van der Waals surface area contributed by atoms with E-state index < -0.39 is 10.8 Å². The Labute approximate surface area is 151 Å². The summed E-state index contributed by atoms with van der Waals surface area (Å²) >= 11 is 3.31. The second kappa shape index (κ2) is 8.78. The molecule has 8 nitrogen and oxygen atoms in total. The van der Waals surface area contributed by atoms with Gasteiger partial charge < -0.3 is 9.47 Å². The summed E-state index contributed by atoms with van der Waals surface area (Å²) in [6.45, 7) is -0.265. The number of benzene rings is 2. The molecule has 0 spiro atoms. The van der Waals surface area contributed by atoms with Crippen molar-refractivity contribution in [1.29, 1.82) is 0 Å². The van der Waals surface area contributed by atoms with Crippen LogP contribution in [0.5, 0.6) is 11.5 Å². The number of hydrogen-bond acceptors (Lipinski definition) is 6. The SMILES string of the molecule is COc1ccc(OCC(=O)NN=Cc2ccccc2[N+](=O)[O-])c(Br)c1. The molecule has 2 aromatic rings. The van der Waals surface area contributed by atoms with Gasteiger partial charge in [0.1, 0.15) is 11.5 Å². The number of para-hydroxylation sites is 1. The molecular formula is C16H14BrN3O5. The molecule has 130 valence electrons. The number of nitrogens with one attached hydrogen (secondary N) is 1. The van der Waals surface area contributed by atoms with Gasteiger partial charge in [-0.25, -0.2) is 5.43 Å². The third kappa shape index (κ3) is 5.28. The van der Waals surface area contributed by atoms with Crippen LogP contribution in [0.4, 0.5) is 5.69 Å². The van der Waals surface area contributed by atoms with Crippen molar-refractivity contribution in [2.75, 3.05) is 13.7 Å². The largest absolute Gasteiger partial charge is 0.497 e. The van der Waals surface area contributed by atoms with Crippen LogP contribution >= 0.6 is 15.9 Å². The molecule has 0 atom stereocenters. The molecule has 0 aliphatic rings. The zero-order valence-electron chi connectivity index (χ0n) is 13.1. The fourth-order valence-corrected chi connectivity index (χ4v) is 2.31. The predicted molar refractivity (Wildman–Crippen MR) is 95.0 cm³/mol. The second-order valence-corrected chi connectivity index (χ2v) is 5.55. The Morgan fingerprint density at radius 2 is 2.12 bits per heavy atom. The van der Waals surface area contributed by atoms with E-state index in [1.165, 1.54) is 18.3 Å². The number of carbonyl (C=O) groups excluding carboxylic acids is 1. The summed E-state index contributed by atoms with van der Waals surface area (Å²) in [7, 11) is 1.55. The van der Waals surface area contributed by atoms with Gasteiger partial charge in [0, 0.05) is 6.07 Å². The molecule has 0 bridgehead atoms. The molecule has 0 radical (unpaired) electrons. The number of nitro benzene ring substituents is 1. The van der Waals surface area contributed by atoms with Gasteiger partial charge in [0.2, 0.25) is 0 Å². The minimum absolute atomic E-state index is 0.0982. The van der Waals surface area contributed by atoms with Crippen molar-refractivity contribution in [3.8, 4) is 11.5 Å². The van der Waals surface area contributed by atoms with E-state index in [9.17, 15) is 14.9 Å². The Balaban J connectivity index is 1.90. The molecule has 0 aliphatic heterocycles. The van der Waals surface area contributed by atoms with Crippen molar-refractivity contribution >= 4 is 33.7 Å². The Morgan fingerprint density at radius 1 is 1.36 bits per heavy atom. The highest BCUT2D eigenvalue weighted by Crippen LogP contribution is 2.28. The quantitative estimate of drug-likeness (QED) is 0.431. The van der Waals surface area contributed by atoms with Crippen molar-refractivity contribution < 1.29 is 19.2 Å². The fourth-order valence-electron chi connectivity index (χ4n) is 1.84. The fraction of sp³-hybridized carbons (Fsp3) is 0.125. The highest BCUT2D eigenvalue weighted by atomic mass is 79.9. The van der Waals surface area contributed by atoms with Crippen molar-refractivity contribution in [2.24, 2.45) is 5.10 Å². The minimum Gasteiger partial charge on any atom is -0.497 e. The summed E-state index contributed by atoms with van der Waals surface area (Å²) in [5.41, 5.74) is 2.44. The second-order valence-electron chi connectivity index (χ2n) is 4.69. The van der Waals surface area contributed by atoms with Crippen molar-refractivity contribution in [3.63, 3.8) is 0 Å². The topological polar surface area (TPSA) is 103 Å². The van der Waals surface area contributed by atoms with E-state index in [4.69, 9.17) is 9.47 Å². The number of amides is 1. The van der Waals surface area contributed by atoms with Crippen molar-refractivity contribution in [1.82, 2.24) is 5.43 Å². The molecule has 0 aliphatic carbocycles. The van der Waals surface area contributed by atoms with E-state index in [1.807, 2.05) is 0 Å². The average Bonchev–Trinajstić information content (AvgIpc) is 2.60. The van der Waals surface area contributed by atoms with Gasteiger partial charge in [-0.05, 0) is 40.2 Å². The lowest BCUT2D eigenvalue weighted by Crippen LogP contribution is -2.24. The lowest BCUT2D eigenvalue weighted by molar-refractivity contribution is -0.385. The van der Waals surface area contributed by atoms with Crippen LogP contribution in [0, 0.1) is 10.1 Å². The third-order valence-corrected chi connectivity index (χ3v) is 3.64. The summed E-state index contributed by atoms with van der Waals surface area (Å²) in [5.74, 6) is 0.619. The maximum atomic E-state index is 11.7. The predicted octanol–water partition coefficient (Wildman–Crippen LogP) is 2.90. The van der Waals surface area contributed by atoms with Crippen molar-refractivity contribution in [2.45, 2.75) is 0 Å². The molecule has 1 amide bonds. The number of hydrogen-bond donors (Lipinski definition) is 1. The number of nitrogens with zero attached hydrogens (tertiary/aromatic N) is 2. The van der Waals surface area contributed by atoms with E-state index in [0.717, 1.165) is 0 Å². The van der Waals surface area contributed by atoms with Crippen LogP contribution in [-0.2, 0) is 4.79 Å². The molecule has 9 heteroatoms. The zero-order valence-corrected chi connectivity index (χ0v) is 14.7. The van der Waals surface area contributed by atoms with Crippen LogP contribution < -0.4 is 14.9 Å². The number of nitro groups is 1. The van der Waals surface area contributed by atoms with Gasteiger partial charge >= 0.3 is 0 Å². The van der Waals surface area contributed by atoms with E-state index in [0.29, 0.717) is 16.0 Å². The van der Waals surface area contributed by atoms with E-state index in [2.05, 4.69) is 26.5 Å². The van der Waals surface area contributed by atoms with E-state index >= 15 is 0 Å². The Bertz CT molecular complexity index is 810. The lowest BCUT2D eigenvalue weighted by Gasteiger charge is -2.08. The molecule has 1 N–H and O–H groups in total. The van der Waals surface area contributed by atoms with Crippen LogP contribution in [0.3, 0.4) is 0 Å². The number of rotatable bonds is 7. The van der Waals surface area contributed by atoms with E-state index in [-0.39, 0.29) is 17.9 Å². The average molecular weight is 408 g/mol. The summed E-state index contributed by atoms with van der Waals surface area (Å²) in [5, 5.41) is 14.6. The zero-order chi connectivity index (χ0) is 18.2. The number of halogens is 1. The molecule has 0 heterocycles. The summed E-state index contributed by atoms with van der Waals surface area (Å²) < 4.78 is 11.1. The van der Waals surface area contributed by atoms with Gasteiger partial charge in [-0.2, -0.15) is 5.10 Å². The molecule has 0 fully saturated rings. The molecule has 0 unspecified atom stereocenters. The van der Waals surface area contributed by atoms with Crippen LogP contribution in [0.25, 0.3) is 0 Å². The molecule has 0 saturated heterocycles. The Kier molecular flexibility index (Phi) is 6.47. The smallest absolute Gasteiger partial charge is 0.278 e. The Morgan fingerprint density at radius 3 is 2.80 bits per heavy atom. The monoisotopic (exact) mass is 407 g/mol. The first-order valence-electron chi connectivity index (χ1n) is 7.03. The molecule has 25 heavy (non-hydrogen) atoms. The van der Waals surface area contributed by atoms with Crippen LogP contribution in [0.2, 0.25) is 0 Å². The maximum absolute atomic E-state index is 11.7.